The number of aliphatic hydroxyl groups excluding tert-OH is 3. The quantitative estimate of drug-likeness (QED) is 0.208. The van der Waals surface area contributed by atoms with Gasteiger partial charge in [0.25, 0.3) is 0 Å². The molecule has 1 aromatic rings. The first-order valence-electron chi connectivity index (χ1n) is 12.8. The van der Waals surface area contributed by atoms with Crippen LogP contribution in [0.3, 0.4) is 0 Å². The number of nitrogens with two attached hydrogens (primary N) is 1. The molecule has 2 fully saturated rings. The zero-order valence-corrected chi connectivity index (χ0v) is 22.7. The molecule has 3 aliphatic rings. The van der Waals surface area contributed by atoms with Crippen LogP contribution in [0, 0.1) is 23.7 Å². The Bertz CT molecular complexity index is 1280. The molecule has 0 radical (unpaired) electrons. The number of phenols is 1. The number of anilines is 1. The van der Waals surface area contributed by atoms with Gasteiger partial charge in [0.1, 0.15) is 17.4 Å². The van der Waals surface area contributed by atoms with Crippen molar-refractivity contribution in [1.82, 2.24) is 10.2 Å². The van der Waals surface area contributed by atoms with Gasteiger partial charge in [-0.05, 0) is 52.4 Å². The van der Waals surface area contributed by atoms with Gasteiger partial charge >= 0.3 is 6.03 Å². The lowest BCUT2D eigenvalue weighted by Crippen LogP contribution is -2.68. The SMILES string of the molecule is C[C@H]1c2ccc(NC(=O)NC(C)(C)C)c(O)c2C(O)=C2C(=O)C3C(=O)C(C(N)=O)C(O)C(N(C)C)C3[C@@H](O)C21. The van der Waals surface area contributed by atoms with Gasteiger partial charge in [-0.2, -0.15) is 0 Å². The predicted octanol–water partition coefficient (Wildman–Crippen LogP) is 0.466. The number of hydrogen-bond donors (Lipinski definition) is 7. The average Bonchev–Trinajstić information content (AvgIpc) is 2.78. The van der Waals surface area contributed by atoms with Crippen molar-refractivity contribution in [1.29, 1.82) is 0 Å². The molecule has 4 rings (SSSR count). The molecule has 6 unspecified atom stereocenters. The Balaban J connectivity index is 1.85. The number of Topliss-reactive ketones (excluding diaryl/α,β-unsaturated/α-hetero) is 2. The number of nitrogens with one attached hydrogen (secondary N) is 2. The van der Waals surface area contributed by atoms with Crippen molar-refractivity contribution < 1.29 is 39.6 Å². The van der Waals surface area contributed by atoms with E-state index < -0.39 is 88.4 Å². The van der Waals surface area contributed by atoms with E-state index in [1.807, 2.05) is 0 Å². The van der Waals surface area contributed by atoms with Crippen LogP contribution in [0.2, 0.25) is 0 Å². The smallest absolute Gasteiger partial charge is 0.319 e. The van der Waals surface area contributed by atoms with Gasteiger partial charge < -0.3 is 41.7 Å². The fourth-order valence-corrected chi connectivity index (χ4v) is 6.56. The summed E-state index contributed by atoms with van der Waals surface area (Å²) >= 11 is 0. The molecule has 2 saturated carbocycles. The number of urea groups is 1. The number of nitrogens with zero attached hydrogens (tertiary/aromatic N) is 1. The molecule has 39 heavy (non-hydrogen) atoms. The lowest BCUT2D eigenvalue weighted by molar-refractivity contribution is -0.166. The van der Waals surface area contributed by atoms with Crippen LogP contribution in [-0.4, -0.2) is 86.7 Å². The first kappa shape index (κ1) is 28.5. The average molecular weight is 545 g/mol. The first-order valence-corrected chi connectivity index (χ1v) is 12.8. The first-order chi connectivity index (χ1) is 18.0. The number of rotatable bonds is 3. The van der Waals surface area contributed by atoms with Gasteiger partial charge in [0.2, 0.25) is 5.91 Å². The third-order valence-electron chi connectivity index (χ3n) is 8.10. The molecule has 8 N–H and O–H groups in total. The highest BCUT2D eigenvalue weighted by atomic mass is 16.3. The van der Waals surface area contributed by atoms with E-state index in [2.05, 4.69) is 10.6 Å². The third kappa shape index (κ3) is 4.46. The number of carbonyl (C=O) groups is 4. The third-order valence-corrected chi connectivity index (χ3v) is 8.10. The number of ketones is 2. The van der Waals surface area contributed by atoms with Crippen LogP contribution >= 0.6 is 0 Å². The van der Waals surface area contributed by atoms with Crippen molar-refractivity contribution >= 4 is 35.0 Å². The molecule has 0 aromatic heterocycles. The van der Waals surface area contributed by atoms with E-state index >= 15 is 0 Å². The normalized spacial score (nSPS) is 32.3. The van der Waals surface area contributed by atoms with Gasteiger partial charge in [-0.15, -0.1) is 0 Å². The number of fused-ring (bicyclic) bond motifs is 3. The lowest BCUT2D eigenvalue weighted by atomic mass is 9.54. The zero-order valence-electron chi connectivity index (χ0n) is 22.7. The number of primary amides is 1. The molecule has 3 amide bonds. The number of benzene rings is 1. The molecule has 12 heteroatoms. The number of likely N-dealkylation sites (N-methyl/N-ethyl adjacent to an activating group) is 1. The summed E-state index contributed by atoms with van der Waals surface area (Å²) < 4.78 is 0. The van der Waals surface area contributed by atoms with Crippen molar-refractivity contribution in [2.75, 3.05) is 19.4 Å². The standard InChI is InChI=1S/C27H36N4O8/c1-9-10-7-8-11(29-26(39)30-27(2,3)4)19(32)13(10)21(34)15-12(9)20(33)14-16(22(15)35)23(36)17(25(28)38)24(37)18(14)31(5)6/h7-9,12,14,16-18,20,24,32-34,37H,1-6H3,(H2,28,38)(H2,29,30,39)/t9-,12?,14?,16?,17?,18?,20-,24?/m0/s1. The maximum absolute atomic E-state index is 13.9. The summed E-state index contributed by atoms with van der Waals surface area (Å²) in [7, 11) is 3.20. The van der Waals surface area contributed by atoms with Crippen molar-refractivity contribution in [3.63, 3.8) is 0 Å². The van der Waals surface area contributed by atoms with Gasteiger partial charge in [0.05, 0.1) is 29.4 Å². The second kappa shape index (κ2) is 9.61. The highest BCUT2D eigenvalue weighted by molar-refractivity contribution is 6.19. The van der Waals surface area contributed by atoms with Gasteiger partial charge in [0, 0.05) is 29.0 Å². The predicted molar refractivity (Wildman–Crippen MR) is 141 cm³/mol. The molecule has 0 saturated heterocycles. The minimum atomic E-state index is -1.67. The van der Waals surface area contributed by atoms with Crippen LogP contribution in [0.1, 0.15) is 44.7 Å². The van der Waals surface area contributed by atoms with E-state index in [0.717, 1.165) is 0 Å². The van der Waals surface area contributed by atoms with Crippen molar-refractivity contribution in [3.8, 4) is 5.75 Å². The Labute approximate surface area is 225 Å². The molecule has 0 aliphatic heterocycles. The molecular weight excluding hydrogens is 508 g/mol. The number of amides is 3. The second-order valence-corrected chi connectivity index (χ2v) is 12.0. The summed E-state index contributed by atoms with van der Waals surface area (Å²) in [6, 6.07) is 1.48. The number of hydrogen-bond acceptors (Lipinski definition) is 9. The van der Waals surface area contributed by atoms with Crippen molar-refractivity contribution in [2.24, 2.45) is 29.4 Å². The summed E-state index contributed by atoms with van der Waals surface area (Å²) in [5, 5.41) is 50.2. The molecule has 0 heterocycles. The van der Waals surface area contributed by atoms with Crippen LogP contribution in [0.5, 0.6) is 5.75 Å². The molecule has 0 spiro atoms. The Morgan fingerprint density at radius 2 is 1.67 bits per heavy atom. The molecule has 3 aliphatic carbocycles. The Hall–Kier alpha value is -3.48. The second-order valence-electron chi connectivity index (χ2n) is 12.0. The van der Waals surface area contributed by atoms with E-state index in [-0.39, 0.29) is 16.8 Å². The molecule has 0 bridgehead atoms. The van der Waals surface area contributed by atoms with Crippen LogP contribution < -0.4 is 16.4 Å². The maximum Gasteiger partial charge on any atom is 0.319 e. The topological polar surface area (TPSA) is 203 Å². The number of phenolic OH excluding ortho intramolecular Hbond substituents is 1. The molecule has 212 valence electrons. The van der Waals surface area contributed by atoms with Gasteiger partial charge in [0.15, 0.2) is 11.6 Å². The minimum Gasteiger partial charge on any atom is -0.507 e. The van der Waals surface area contributed by atoms with Gasteiger partial charge in [-0.1, -0.05) is 13.0 Å². The van der Waals surface area contributed by atoms with Crippen LogP contribution in [-0.2, 0) is 14.4 Å². The Morgan fingerprint density at radius 1 is 1.05 bits per heavy atom. The van der Waals surface area contributed by atoms with E-state index in [1.54, 1.807) is 52.8 Å². The van der Waals surface area contributed by atoms with Crippen LogP contribution in [0.25, 0.3) is 5.76 Å². The summed E-state index contributed by atoms with van der Waals surface area (Å²) in [6.07, 6.45) is -2.92. The Morgan fingerprint density at radius 3 is 2.21 bits per heavy atom. The fraction of sp³-hybridized carbons (Fsp3) is 0.556. The molecule has 1 aromatic carbocycles. The molecule has 8 atom stereocenters. The number of aliphatic hydroxyl groups is 3. The number of carbonyl (C=O) groups excluding carboxylic acids is 4. The van der Waals surface area contributed by atoms with Crippen molar-refractivity contribution in [3.05, 3.63) is 28.8 Å². The summed E-state index contributed by atoms with van der Waals surface area (Å²) in [6.45, 7) is 7.04. The van der Waals surface area contributed by atoms with E-state index in [4.69, 9.17) is 5.73 Å². The monoisotopic (exact) mass is 544 g/mol. The number of aromatic hydroxyl groups is 1. The largest absolute Gasteiger partial charge is 0.507 e. The maximum atomic E-state index is 13.9. The molecule has 12 nitrogen and oxygen atoms in total. The van der Waals surface area contributed by atoms with Crippen molar-refractivity contribution in [2.45, 2.75) is 57.4 Å². The van der Waals surface area contributed by atoms with E-state index in [0.29, 0.717) is 5.56 Å². The Kier molecular flexibility index (Phi) is 7.03. The van der Waals surface area contributed by atoms with E-state index in [9.17, 15) is 39.6 Å². The van der Waals surface area contributed by atoms with E-state index in [1.165, 1.54) is 6.07 Å². The zero-order chi connectivity index (χ0) is 29.3. The summed E-state index contributed by atoms with van der Waals surface area (Å²) in [5.74, 6) is -9.80. The molecular formula is C27H36N4O8. The van der Waals surface area contributed by atoms with Crippen LogP contribution in [0.15, 0.2) is 17.7 Å². The highest BCUT2D eigenvalue weighted by Crippen LogP contribution is 2.55. The van der Waals surface area contributed by atoms with Gasteiger partial charge in [-0.25, -0.2) is 4.79 Å². The highest BCUT2D eigenvalue weighted by Gasteiger charge is 2.63. The summed E-state index contributed by atoms with van der Waals surface area (Å²) in [4.78, 5) is 53.4. The lowest BCUT2D eigenvalue weighted by Gasteiger charge is -2.53. The fourth-order valence-electron chi connectivity index (χ4n) is 6.56. The van der Waals surface area contributed by atoms with Crippen LogP contribution in [0.4, 0.5) is 10.5 Å². The summed E-state index contributed by atoms with van der Waals surface area (Å²) in [5.41, 5.74) is 4.92. The minimum absolute atomic E-state index is 0.0201. The van der Waals surface area contributed by atoms with Gasteiger partial charge in [-0.3, -0.25) is 14.4 Å².